The number of para-hydroxylation sites is 1. The summed E-state index contributed by atoms with van der Waals surface area (Å²) in [5, 5.41) is 16.9. The number of aliphatic hydroxyl groups is 1. The molecule has 0 heterocycles. The van der Waals surface area contributed by atoms with Crippen molar-refractivity contribution in [2.24, 2.45) is 0 Å². The van der Waals surface area contributed by atoms with Crippen LogP contribution in [0.1, 0.15) is 27.0 Å². The number of rotatable bonds is 12. The number of hydrogen-bond acceptors (Lipinski definition) is 5. The summed E-state index contributed by atoms with van der Waals surface area (Å²) in [5.74, 6) is -0.527. The lowest BCUT2D eigenvalue weighted by atomic mass is 10.00. The molecule has 0 bridgehead atoms. The number of aliphatic hydroxyl groups excluding tert-OH is 1. The lowest BCUT2D eigenvalue weighted by Crippen LogP contribution is -2.48. The summed E-state index contributed by atoms with van der Waals surface area (Å²) in [6.07, 6.45) is -4.21. The molecule has 226 valence electrons. The smallest absolute Gasteiger partial charge is 0.390 e. The highest BCUT2D eigenvalue weighted by Gasteiger charge is 2.30. The monoisotopic (exact) mass is 611 g/mol. The fourth-order valence-corrected chi connectivity index (χ4v) is 5.64. The van der Waals surface area contributed by atoms with Crippen molar-refractivity contribution in [2.45, 2.75) is 31.3 Å². The number of nitrogens with one attached hydrogen (secondary N) is 2. The quantitative estimate of drug-likeness (QED) is 0.202. The van der Waals surface area contributed by atoms with E-state index in [1.807, 2.05) is 30.3 Å². The Kier molecular flexibility index (Phi) is 10.2. The zero-order valence-electron chi connectivity index (χ0n) is 23.3. The normalized spacial score (nSPS) is 13.2. The van der Waals surface area contributed by atoms with Crippen molar-refractivity contribution in [2.75, 3.05) is 17.1 Å². The predicted molar refractivity (Wildman–Crippen MR) is 160 cm³/mol. The first-order valence-corrected chi connectivity index (χ1v) is 15.3. The number of amides is 1. The van der Waals surface area contributed by atoms with E-state index in [4.69, 9.17) is 0 Å². The summed E-state index contributed by atoms with van der Waals surface area (Å²) < 4.78 is 65.7. The lowest BCUT2D eigenvalue weighted by Gasteiger charge is -2.26. The van der Waals surface area contributed by atoms with Gasteiger partial charge in [-0.05, 0) is 53.9 Å². The second-order valence-corrected chi connectivity index (χ2v) is 11.9. The van der Waals surface area contributed by atoms with Crippen molar-refractivity contribution in [3.8, 4) is 0 Å². The van der Waals surface area contributed by atoms with E-state index in [1.54, 1.807) is 54.6 Å². The summed E-state index contributed by atoms with van der Waals surface area (Å²) in [6, 6.07) is 28.0. The maximum absolute atomic E-state index is 13.4. The molecule has 0 aromatic heterocycles. The molecule has 4 aromatic rings. The third-order valence-electron chi connectivity index (χ3n) is 6.68. The Morgan fingerprint density at radius 2 is 1.44 bits per heavy atom. The Balaban J connectivity index is 1.51. The van der Waals surface area contributed by atoms with E-state index < -0.39 is 39.8 Å². The van der Waals surface area contributed by atoms with Gasteiger partial charge in [-0.15, -0.1) is 0 Å². The third-order valence-corrected chi connectivity index (χ3v) is 7.77. The molecule has 0 radical (unpaired) electrons. The van der Waals surface area contributed by atoms with Gasteiger partial charge < -0.3 is 15.7 Å². The summed E-state index contributed by atoms with van der Waals surface area (Å²) >= 11 is 0. The molecule has 7 nitrogen and oxygen atoms in total. The van der Waals surface area contributed by atoms with Crippen LogP contribution in [0.3, 0.4) is 0 Å². The van der Waals surface area contributed by atoms with Crippen molar-refractivity contribution in [3.05, 3.63) is 131 Å². The lowest BCUT2D eigenvalue weighted by molar-refractivity contribution is -0.137. The number of halogens is 3. The van der Waals surface area contributed by atoms with Gasteiger partial charge in [0, 0.05) is 18.7 Å². The molecule has 4 aromatic carbocycles. The van der Waals surface area contributed by atoms with Crippen molar-refractivity contribution in [3.63, 3.8) is 0 Å². The van der Waals surface area contributed by atoms with Gasteiger partial charge in [0.2, 0.25) is 10.0 Å². The van der Waals surface area contributed by atoms with Gasteiger partial charge >= 0.3 is 6.18 Å². The molecule has 0 aliphatic rings. The van der Waals surface area contributed by atoms with Crippen LogP contribution in [0.15, 0.2) is 109 Å². The van der Waals surface area contributed by atoms with Crippen LogP contribution in [-0.4, -0.2) is 44.4 Å². The van der Waals surface area contributed by atoms with Crippen LogP contribution < -0.4 is 14.9 Å². The number of nitrogens with zero attached hydrogens (tertiary/aromatic N) is 1. The van der Waals surface area contributed by atoms with Gasteiger partial charge in [-0.1, -0.05) is 72.8 Å². The molecule has 0 aliphatic heterocycles. The van der Waals surface area contributed by atoms with E-state index in [-0.39, 0.29) is 30.8 Å². The Hall–Kier alpha value is -4.19. The first-order valence-electron chi connectivity index (χ1n) is 13.5. The molecular formula is C32H32F3N3O4S. The van der Waals surface area contributed by atoms with Gasteiger partial charge in [-0.2, -0.15) is 13.2 Å². The molecule has 0 unspecified atom stereocenters. The Morgan fingerprint density at radius 1 is 0.837 bits per heavy atom. The van der Waals surface area contributed by atoms with E-state index in [0.29, 0.717) is 11.3 Å². The number of carbonyl (C=O) groups excluding carboxylic acids is 1. The number of hydrogen-bond donors (Lipinski definition) is 3. The summed E-state index contributed by atoms with van der Waals surface area (Å²) in [6.45, 7) is 0.0692. The molecule has 4 rings (SSSR count). The number of benzene rings is 4. The first kappa shape index (κ1) is 31.7. The van der Waals surface area contributed by atoms with Gasteiger partial charge in [-0.3, -0.25) is 4.79 Å². The molecule has 0 aliphatic carbocycles. The maximum Gasteiger partial charge on any atom is 0.416 e. The van der Waals surface area contributed by atoms with Crippen molar-refractivity contribution >= 4 is 27.3 Å². The van der Waals surface area contributed by atoms with Crippen LogP contribution in [0.25, 0.3) is 0 Å². The van der Waals surface area contributed by atoms with Crippen LogP contribution in [0.4, 0.5) is 24.5 Å². The van der Waals surface area contributed by atoms with Crippen LogP contribution in [0.2, 0.25) is 0 Å². The minimum atomic E-state index is -4.46. The molecule has 3 N–H and O–H groups in total. The maximum atomic E-state index is 13.4. The Morgan fingerprint density at radius 3 is 2.09 bits per heavy atom. The van der Waals surface area contributed by atoms with Gasteiger partial charge in [0.05, 0.1) is 35.3 Å². The van der Waals surface area contributed by atoms with E-state index in [2.05, 4.69) is 10.6 Å². The summed E-state index contributed by atoms with van der Waals surface area (Å²) in [4.78, 5) is 13.4. The van der Waals surface area contributed by atoms with Crippen LogP contribution in [0, 0.1) is 0 Å². The zero-order chi connectivity index (χ0) is 31.0. The highest BCUT2D eigenvalue weighted by molar-refractivity contribution is 7.92. The number of carbonyl (C=O) groups is 1. The van der Waals surface area contributed by atoms with E-state index in [1.165, 1.54) is 12.1 Å². The van der Waals surface area contributed by atoms with Gasteiger partial charge in [0.1, 0.15) is 0 Å². The molecular weight excluding hydrogens is 579 g/mol. The predicted octanol–water partition coefficient (Wildman–Crippen LogP) is 5.29. The second-order valence-electron chi connectivity index (χ2n) is 10.1. The fourth-order valence-electron chi connectivity index (χ4n) is 4.64. The van der Waals surface area contributed by atoms with E-state index in [9.17, 15) is 31.5 Å². The third kappa shape index (κ3) is 8.90. The van der Waals surface area contributed by atoms with Crippen LogP contribution >= 0.6 is 0 Å². The summed E-state index contributed by atoms with van der Waals surface area (Å²) in [7, 11) is -3.74. The Bertz CT molecular complexity index is 1620. The summed E-state index contributed by atoms with van der Waals surface area (Å²) in [5.41, 5.74) is 1.35. The standard InChI is InChI=1S/C32H32F3N3O4S/c1-43(41,42)38(27-15-6-3-7-16-27)28-17-9-13-25(20-28)31(40)37-29(19-23-10-4-2-5-11-23)30(39)22-36-21-24-12-8-14-26(18-24)32(33,34)35/h2-18,20,29-30,36,39H,19,21-22H2,1H3,(H,37,40)/t29-,30+/m0/s1. The van der Waals surface area contributed by atoms with Crippen molar-refractivity contribution in [1.29, 1.82) is 0 Å². The molecule has 0 fully saturated rings. The molecule has 1 amide bonds. The largest absolute Gasteiger partial charge is 0.416 e. The Labute approximate surface area is 249 Å². The van der Waals surface area contributed by atoms with Crippen molar-refractivity contribution < 1.29 is 31.5 Å². The number of sulfonamides is 1. The van der Waals surface area contributed by atoms with Gasteiger partial charge in [0.25, 0.3) is 5.91 Å². The number of alkyl halides is 3. The first-order chi connectivity index (χ1) is 20.4. The molecule has 43 heavy (non-hydrogen) atoms. The highest BCUT2D eigenvalue weighted by atomic mass is 32.2. The average molecular weight is 612 g/mol. The number of anilines is 2. The van der Waals surface area contributed by atoms with Crippen LogP contribution in [0.5, 0.6) is 0 Å². The van der Waals surface area contributed by atoms with Crippen LogP contribution in [-0.2, 0) is 29.2 Å². The van der Waals surface area contributed by atoms with E-state index in [0.717, 1.165) is 28.3 Å². The second kappa shape index (κ2) is 13.9. The molecule has 2 atom stereocenters. The molecule has 0 saturated carbocycles. The molecule has 0 saturated heterocycles. The molecule has 0 spiro atoms. The van der Waals surface area contributed by atoms with E-state index >= 15 is 0 Å². The molecule has 11 heteroatoms. The highest BCUT2D eigenvalue weighted by Crippen LogP contribution is 2.30. The minimum absolute atomic E-state index is 0.00999. The SMILES string of the molecule is CS(=O)(=O)N(c1ccccc1)c1cccc(C(=O)N[C@@H](Cc2ccccc2)[C@H](O)CNCc2cccc(C(F)(F)F)c2)c1. The van der Waals surface area contributed by atoms with Crippen molar-refractivity contribution in [1.82, 2.24) is 10.6 Å². The van der Waals surface area contributed by atoms with Gasteiger partial charge in [-0.25, -0.2) is 12.7 Å². The topological polar surface area (TPSA) is 98.7 Å². The average Bonchev–Trinajstić information content (AvgIpc) is 2.97. The zero-order valence-corrected chi connectivity index (χ0v) is 24.1. The minimum Gasteiger partial charge on any atom is -0.390 e. The van der Waals surface area contributed by atoms with Gasteiger partial charge in [0.15, 0.2) is 0 Å². The fraction of sp³-hybridized carbons (Fsp3) is 0.219.